The van der Waals surface area contributed by atoms with Crippen molar-refractivity contribution in [1.82, 2.24) is 0 Å². The normalized spacial score (nSPS) is 10.6. The Balaban J connectivity index is 2.02. The Morgan fingerprint density at radius 3 is 2.29 bits per heavy atom. The molecule has 0 saturated heterocycles. The van der Waals surface area contributed by atoms with Crippen molar-refractivity contribution in [3.05, 3.63) is 65.2 Å². The van der Waals surface area contributed by atoms with Gasteiger partial charge in [0.2, 0.25) is 0 Å². The summed E-state index contributed by atoms with van der Waals surface area (Å²) >= 11 is 0. The zero-order valence-corrected chi connectivity index (χ0v) is 12.4. The van der Waals surface area contributed by atoms with Gasteiger partial charge in [0.05, 0.1) is 6.42 Å². The third kappa shape index (κ3) is 4.35. The van der Waals surface area contributed by atoms with E-state index in [1.54, 1.807) is 0 Å². The number of carbonyl (C=O) groups is 1. The molecule has 0 radical (unpaired) electrons. The zero-order chi connectivity index (χ0) is 15.2. The molecule has 0 aliphatic heterocycles. The van der Waals surface area contributed by atoms with Crippen LogP contribution >= 0.6 is 0 Å². The van der Waals surface area contributed by atoms with E-state index in [9.17, 15) is 4.79 Å². The lowest BCUT2D eigenvalue weighted by Gasteiger charge is -2.14. The molecule has 0 amide bonds. The predicted octanol–water partition coefficient (Wildman–Crippen LogP) is 4.02. The summed E-state index contributed by atoms with van der Waals surface area (Å²) in [6.45, 7) is 4.77. The number of benzene rings is 2. The second-order valence-electron chi connectivity index (χ2n) is 5.37. The van der Waals surface area contributed by atoms with Gasteiger partial charge in [-0.25, -0.2) is 0 Å². The van der Waals surface area contributed by atoms with Crippen LogP contribution in [0.4, 0.5) is 0 Å². The molecule has 0 bridgehead atoms. The molecule has 0 fully saturated rings. The smallest absolute Gasteiger partial charge is 0.307 e. The highest BCUT2D eigenvalue weighted by Gasteiger charge is 2.07. The fraction of sp³-hybridized carbons (Fsp3) is 0.278. The van der Waals surface area contributed by atoms with Crippen molar-refractivity contribution in [3.63, 3.8) is 0 Å². The summed E-state index contributed by atoms with van der Waals surface area (Å²) in [5.41, 5.74) is 3.02. The fourth-order valence-electron chi connectivity index (χ4n) is 2.18. The first-order valence-electron chi connectivity index (χ1n) is 7.07. The highest BCUT2D eigenvalue weighted by molar-refractivity contribution is 5.70. The van der Waals surface area contributed by atoms with Crippen molar-refractivity contribution in [3.8, 4) is 5.75 Å². The predicted molar refractivity (Wildman–Crippen MR) is 82.6 cm³/mol. The van der Waals surface area contributed by atoms with Gasteiger partial charge in [0.1, 0.15) is 12.4 Å². The molecule has 110 valence electrons. The van der Waals surface area contributed by atoms with Crippen LogP contribution in [-0.2, 0) is 17.8 Å². The summed E-state index contributed by atoms with van der Waals surface area (Å²) in [6, 6.07) is 15.5. The van der Waals surface area contributed by atoms with E-state index in [1.807, 2.05) is 42.5 Å². The van der Waals surface area contributed by atoms with Gasteiger partial charge in [-0.1, -0.05) is 56.3 Å². The molecule has 0 spiro atoms. The van der Waals surface area contributed by atoms with Crippen LogP contribution < -0.4 is 4.74 Å². The topological polar surface area (TPSA) is 46.5 Å². The van der Waals surface area contributed by atoms with E-state index in [-0.39, 0.29) is 6.42 Å². The van der Waals surface area contributed by atoms with E-state index in [0.29, 0.717) is 12.5 Å². The molecule has 3 nitrogen and oxygen atoms in total. The number of rotatable bonds is 6. The van der Waals surface area contributed by atoms with Crippen molar-refractivity contribution in [1.29, 1.82) is 0 Å². The van der Waals surface area contributed by atoms with E-state index < -0.39 is 5.97 Å². The third-order valence-corrected chi connectivity index (χ3v) is 3.31. The third-order valence-electron chi connectivity index (χ3n) is 3.31. The second kappa shape index (κ2) is 6.93. The van der Waals surface area contributed by atoms with Crippen molar-refractivity contribution in [2.45, 2.75) is 32.8 Å². The average Bonchev–Trinajstić information content (AvgIpc) is 2.46. The first kappa shape index (κ1) is 15.1. The van der Waals surface area contributed by atoms with Gasteiger partial charge in [-0.2, -0.15) is 0 Å². The number of carboxylic acid groups (broad SMARTS) is 1. The van der Waals surface area contributed by atoms with E-state index >= 15 is 0 Å². The Hall–Kier alpha value is -2.29. The Morgan fingerprint density at radius 2 is 1.67 bits per heavy atom. The van der Waals surface area contributed by atoms with Crippen LogP contribution in [-0.4, -0.2) is 11.1 Å². The standard InChI is InChI=1S/C18H20O3/c1-13(2)16-5-3-4-6-17(16)21-12-15-9-7-14(8-10-15)11-18(19)20/h3-10,13H,11-12H2,1-2H3,(H,19,20). The van der Waals surface area contributed by atoms with Gasteiger partial charge in [-0.15, -0.1) is 0 Å². The van der Waals surface area contributed by atoms with Crippen molar-refractivity contribution in [2.75, 3.05) is 0 Å². The van der Waals surface area contributed by atoms with Gasteiger partial charge in [0.15, 0.2) is 0 Å². The molecule has 0 aliphatic carbocycles. The van der Waals surface area contributed by atoms with Gasteiger partial charge in [0, 0.05) is 0 Å². The second-order valence-corrected chi connectivity index (χ2v) is 5.37. The molecular formula is C18H20O3. The number of para-hydroxylation sites is 1. The van der Waals surface area contributed by atoms with E-state index in [4.69, 9.17) is 9.84 Å². The minimum Gasteiger partial charge on any atom is -0.489 e. The molecule has 0 heterocycles. The number of aliphatic carboxylic acids is 1. The maximum absolute atomic E-state index is 10.6. The lowest BCUT2D eigenvalue weighted by atomic mass is 10.0. The molecule has 1 N–H and O–H groups in total. The highest BCUT2D eigenvalue weighted by atomic mass is 16.5. The monoisotopic (exact) mass is 284 g/mol. The Kier molecular flexibility index (Phi) is 4.99. The van der Waals surface area contributed by atoms with Crippen LogP contribution in [0.2, 0.25) is 0 Å². The van der Waals surface area contributed by atoms with E-state index in [0.717, 1.165) is 16.9 Å². The summed E-state index contributed by atoms with van der Waals surface area (Å²) in [5.74, 6) is 0.506. The van der Waals surface area contributed by atoms with Gasteiger partial charge in [0.25, 0.3) is 0 Å². The van der Waals surface area contributed by atoms with Gasteiger partial charge in [-0.05, 0) is 28.7 Å². The molecule has 21 heavy (non-hydrogen) atoms. The van der Waals surface area contributed by atoms with E-state index in [2.05, 4.69) is 19.9 Å². The summed E-state index contributed by atoms with van der Waals surface area (Å²) < 4.78 is 5.89. The van der Waals surface area contributed by atoms with Crippen LogP contribution in [0, 0.1) is 0 Å². The van der Waals surface area contributed by atoms with E-state index in [1.165, 1.54) is 5.56 Å². The first-order chi connectivity index (χ1) is 10.1. The quantitative estimate of drug-likeness (QED) is 0.871. The lowest BCUT2D eigenvalue weighted by Crippen LogP contribution is -2.02. The molecule has 0 saturated carbocycles. The van der Waals surface area contributed by atoms with Gasteiger partial charge < -0.3 is 9.84 Å². The number of carboxylic acids is 1. The number of hydrogen-bond donors (Lipinski definition) is 1. The fourth-order valence-corrected chi connectivity index (χ4v) is 2.18. The largest absolute Gasteiger partial charge is 0.489 e. The SMILES string of the molecule is CC(C)c1ccccc1OCc1ccc(CC(=O)O)cc1. The summed E-state index contributed by atoms with van der Waals surface area (Å²) in [4.78, 5) is 10.6. The van der Waals surface area contributed by atoms with Crippen LogP contribution in [0.15, 0.2) is 48.5 Å². The highest BCUT2D eigenvalue weighted by Crippen LogP contribution is 2.26. The average molecular weight is 284 g/mol. The van der Waals surface area contributed by atoms with Gasteiger partial charge >= 0.3 is 5.97 Å². The number of ether oxygens (including phenoxy) is 1. The molecule has 3 heteroatoms. The van der Waals surface area contributed by atoms with Crippen LogP contribution in [0.5, 0.6) is 5.75 Å². The molecule has 0 atom stereocenters. The molecule has 2 rings (SSSR count). The summed E-state index contributed by atoms with van der Waals surface area (Å²) in [5, 5.41) is 8.75. The minimum absolute atomic E-state index is 0.0529. The molecule has 0 aromatic heterocycles. The lowest BCUT2D eigenvalue weighted by molar-refractivity contribution is -0.136. The first-order valence-corrected chi connectivity index (χ1v) is 7.07. The molecule has 0 unspecified atom stereocenters. The molecule has 0 aliphatic rings. The van der Waals surface area contributed by atoms with Crippen LogP contribution in [0.25, 0.3) is 0 Å². The molecule has 2 aromatic carbocycles. The maximum atomic E-state index is 10.6. The number of hydrogen-bond acceptors (Lipinski definition) is 2. The van der Waals surface area contributed by atoms with Crippen LogP contribution in [0.1, 0.15) is 36.5 Å². The molecule has 2 aromatic rings. The van der Waals surface area contributed by atoms with Gasteiger partial charge in [-0.3, -0.25) is 4.79 Å². The van der Waals surface area contributed by atoms with Crippen molar-refractivity contribution in [2.24, 2.45) is 0 Å². The van der Waals surface area contributed by atoms with Crippen molar-refractivity contribution >= 4 is 5.97 Å². The maximum Gasteiger partial charge on any atom is 0.307 e. The Morgan fingerprint density at radius 1 is 1.05 bits per heavy atom. The Labute approximate surface area is 125 Å². The minimum atomic E-state index is -0.815. The Bertz CT molecular complexity index is 600. The zero-order valence-electron chi connectivity index (χ0n) is 12.4. The summed E-state index contributed by atoms with van der Waals surface area (Å²) in [7, 11) is 0. The molecular weight excluding hydrogens is 264 g/mol. The van der Waals surface area contributed by atoms with Crippen LogP contribution in [0.3, 0.4) is 0 Å². The summed E-state index contributed by atoms with van der Waals surface area (Å²) in [6.07, 6.45) is 0.0529. The van der Waals surface area contributed by atoms with Crippen molar-refractivity contribution < 1.29 is 14.6 Å².